The van der Waals surface area contributed by atoms with E-state index in [9.17, 15) is 26.3 Å². The summed E-state index contributed by atoms with van der Waals surface area (Å²) in [5, 5.41) is 0. The zero-order chi connectivity index (χ0) is 19.8. The SMILES string of the molecule is Cc1cc(-c2cccc(C(F)(F)F)c2)ncc1-c1cccc(C(F)(F)F)c1. The highest BCUT2D eigenvalue weighted by molar-refractivity contribution is 5.71. The number of halogens is 6. The second-order valence-electron chi connectivity index (χ2n) is 6.04. The van der Waals surface area contributed by atoms with Gasteiger partial charge < -0.3 is 0 Å². The van der Waals surface area contributed by atoms with E-state index in [0.29, 0.717) is 22.4 Å². The number of hydrogen-bond acceptors (Lipinski definition) is 1. The van der Waals surface area contributed by atoms with Crippen LogP contribution >= 0.6 is 0 Å². The third-order valence-electron chi connectivity index (χ3n) is 4.10. The Kier molecular flexibility index (Phi) is 4.71. The van der Waals surface area contributed by atoms with Gasteiger partial charge in [-0.05, 0) is 48.4 Å². The molecule has 1 aromatic heterocycles. The predicted molar refractivity (Wildman–Crippen MR) is 89.9 cm³/mol. The van der Waals surface area contributed by atoms with Crippen LogP contribution < -0.4 is 0 Å². The summed E-state index contributed by atoms with van der Waals surface area (Å²) in [6.45, 7) is 1.67. The van der Waals surface area contributed by atoms with Crippen LogP contribution in [0.2, 0.25) is 0 Å². The number of alkyl halides is 6. The molecule has 0 amide bonds. The molecule has 27 heavy (non-hydrogen) atoms. The highest BCUT2D eigenvalue weighted by atomic mass is 19.4. The lowest BCUT2D eigenvalue weighted by molar-refractivity contribution is -0.138. The van der Waals surface area contributed by atoms with Crippen LogP contribution in [0, 0.1) is 6.92 Å². The maximum absolute atomic E-state index is 12.9. The number of rotatable bonds is 2. The first-order valence-corrected chi connectivity index (χ1v) is 7.87. The van der Waals surface area contributed by atoms with Gasteiger partial charge in [-0.1, -0.05) is 24.3 Å². The molecule has 0 aliphatic rings. The predicted octanol–water partition coefficient (Wildman–Crippen LogP) is 6.76. The lowest BCUT2D eigenvalue weighted by Crippen LogP contribution is -2.05. The fraction of sp³-hybridized carbons (Fsp3) is 0.150. The molecule has 0 saturated heterocycles. The normalized spacial score (nSPS) is 12.3. The monoisotopic (exact) mass is 381 g/mol. The Morgan fingerprint density at radius 3 is 1.74 bits per heavy atom. The third kappa shape index (κ3) is 4.13. The molecular weight excluding hydrogens is 368 g/mol. The van der Waals surface area contributed by atoms with E-state index in [1.165, 1.54) is 30.5 Å². The van der Waals surface area contributed by atoms with Crippen LogP contribution in [0.4, 0.5) is 26.3 Å². The van der Waals surface area contributed by atoms with Crippen molar-refractivity contribution in [2.24, 2.45) is 0 Å². The fourth-order valence-electron chi connectivity index (χ4n) is 2.73. The number of pyridine rings is 1. The molecule has 0 spiro atoms. The van der Waals surface area contributed by atoms with Gasteiger partial charge >= 0.3 is 12.4 Å². The summed E-state index contributed by atoms with van der Waals surface area (Å²) < 4.78 is 77.3. The van der Waals surface area contributed by atoms with E-state index in [0.717, 1.165) is 24.3 Å². The zero-order valence-electron chi connectivity index (χ0n) is 14.0. The van der Waals surface area contributed by atoms with Crippen molar-refractivity contribution in [3.63, 3.8) is 0 Å². The summed E-state index contributed by atoms with van der Waals surface area (Å²) in [4.78, 5) is 4.15. The van der Waals surface area contributed by atoms with Gasteiger partial charge in [-0.3, -0.25) is 4.98 Å². The summed E-state index contributed by atoms with van der Waals surface area (Å²) >= 11 is 0. The number of aryl methyl sites for hydroxylation is 1. The zero-order valence-corrected chi connectivity index (χ0v) is 14.0. The molecular formula is C20H13F6N. The average molecular weight is 381 g/mol. The largest absolute Gasteiger partial charge is 0.416 e. The summed E-state index contributed by atoms with van der Waals surface area (Å²) in [7, 11) is 0. The van der Waals surface area contributed by atoms with Crippen LogP contribution in [0.1, 0.15) is 16.7 Å². The molecule has 3 aromatic rings. The second kappa shape index (κ2) is 6.72. The maximum Gasteiger partial charge on any atom is 0.416 e. The molecule has 0 atom stereocenters. The first-order valence-electron chi connectivity index (χ1n) is 7.87. The number of hydrogen-bond donors (Lipinski definition) is 0. The Morgan fingerprint density at radius 2 is 1.22 bits per heavy atom. The first kappa shape index (κ1) is 18.9. The molecule has 0 unspecified atom stereocenters. The fourth-order valence-corrected chi connectivity index (χ4v) is 2.73. The van der Waals surface area contributed by atoms with E-state index in [-0.39, 0.29) is 5.56 Å². The van der Waals surface area contributed by atoms with Crippen molar-refractivity contribution in [3.8, 4) is 22.4 Å². The van der Waals surface area contributed by atoms with E-state index >= 15 is 0 Å². The summed E-state index contributed by atoms with van der Waals surface area (Å²) in [6.07, 6.45) is -7.56. The van der Waals surface area contributed by atoms with Crippen molar-refractivity contribution in [2.45, 2.75) is 19.3 Å². The third-order valence-corrected chi connectivity index (χ3v) is 4.10. The molecule has 0 aliphatic heterocycles. The smallest absolute Gasteiger partial charge is 0.256 e. The van der Waals surface area contributed by atoms with Gasteiger partial charge in [0.15, 0.2) is 0 Å². The van der Waals surface area contributed by atoms with Crippen molar-refractivity contribution in [1.29, 1.82) is 0 Å². The van der Waals surface area contributed by atoms with Crippen LogP contribution in [0.15, 0.2) is 60.8 Å². The van der Waals surface area contributed by atoms with Crippen LogP contribution in [-0.4, -0.2) is 4.98 Å². The van der Waals surface area contributed by atoms with Gasteiger partial charge in [-0.25, -0.2) is 0 Å². The van der Waals surface area contributed by atoms with Crippen molar-refractivity contribution < 1.29 is 26.3 Å². The van der Waals surface area contributed by atoms with Crippen LogP contribution in [0.5, 0.6) is 0 Å². The lowest BCUT2D eigenvalue weighted by atomic mass is 9.98. The number of benzene rings is 2. The molecule has 0 radical (unpaired) electrons. The standard InChI is InChI=1S/C20H13F6N/c1-12-8-18(14-5-3-7-16(10-14)20(24,25)26)27-11-17(12)13-4-2-6-15(9-13)19(21,22)23/h2-11H,1H3. The van der Waals surface area contributed by atoms with Gasteiger partial charge in [0.05, 0.1) is 16.8 Å². The highest BCUT2D eigenvalue weighted by Crippen LogP contribution is 2.35. The molecule has 7 heteroatoms. The number of nitrogens with zero attached hydrogens (tertiary/aromatic N) is 1. The Hall–Kier alpha value is -2.83. The van der Waals surface area contributed by atoms with Gasteiger partial charge in [0.2, 0.25) is 0 Å². The van der Waals surface area contributed by atoms with E-state index in [4.69, 9.17) is 0 Å². The van der Waals surface area contributed by atoms with Gasteiger partial charge in [-0.2, -0.15) is 26.3 Å². The van der Waals surface area contributed by atoms with E-state index in [1.807, 2.05) is 0 Å². The van der Waals surface area contributed by atoms with Crippen molar-refractivity contribution in [2.75, 3.05) is 0 Å². The molecule has 0 saturated carbocycles. The molecule has 1 nitrogen and oxygen atoms in total. The molecule has 0 bridgehead atoms. The minimum Gasteiger partial charge on any atom is -0.256 e. The second-order valence-corrected chi connectivity index (χ2v) is 6.04. The van der Waals surface area contributed by atoms with Gasteiger partial charge in [-0.15, -0.1) is 0 Å². The molecule has 0 N–H and O–H groups in total. The molecule has 0 fully saturated rings. The van der Waals surface area contributed by atoms with E-state index in [2.05, 4.69) is 4.98 Å². The molecule has 1 heterocycles. The molecule has 3 rings (SSSR count). The summed E-state index contributed by atoms with van der Waals surface area (Å²) in [6, 6.07) is 11.1. The van der Waals surface area contributed by atoms with Crippen LogP contribution in [-0.2, 0) is 12.4 Å². The van der Waals surface area contributed by atoms with Crippen molar-refractivity contribution in [3.05, 3.63) is 77.5 Å². The minimum absolute atomic E-state index is 0.281. The van der Waals surface area contributed by atoms with Crippen molar-refractivity contribution in [1.82, 2.24) is 4.98 Å². The summed E-state index contributed by atoms with van der Waals surface area (Å²) in [5.74, 6) is 0. The average Bonchev–Trinajstić information content (AvgIpc) is 2.60. The Morgan fingerprint density at radius 1 is 0.704 bits per heavy atom. The highest BCUT2D eigenvalue weighted by Gasteiger charge is 2.31. The minimum atomic E-state index is -4.47. The quantitative estimate of drug-likeness (QED) is 0.447. The van der Waals surface area contributed by atoms with E-state index < -0.39 is 23.5 Å². The summed E-state index contributed by atoms with van der Waals surface area (Å²) in [5.41, 5.74) is 0.458. The van der Waals surface area contributed by atoms with Crippen LogP contribution in [0.3, 0.4) is 0 Å². The first-order chi connectivity index (χ1) is 12.6. The molecule has 140 valence electrons. The number of aromatic nitrogens is 1. The molecule has 0 aliphatic carbocycles. The van der Waals surface area contributed by atoms with E-state index in [1.54, 1.807) is 13.0 Å². The van der Waals surface area contributed by atoms with Gasteiger partial charge in [0.1, 0.15) is 0 Å². The van der Waals surface area contributed by atoms with Crippen molar-refractivity contribution >= 4 is 0 Å². The van der Waals surface area contributed by atoms with Gasteiger partial charge in [0.25, 0.3) is 0 Å². The Balaban J connectivity index is 2.00. The Labute approximate surface area is 151 Å². The van der Waals surface area contributed by atoms with Gasteiger partial charge in [0, 0.05) is 17.3 Å². The Bertz CT molecular complexity index is 973. The van der Waals surface area contributed by atoms with Crippen LogP contribution in [0.25, 0.3) is 22.4 Å². The molecule has 2 aromatic carbocycles. The topological polar surface area (TPSA) is 12.9 Å². The maximum atomic E-state index is 12.9. The lowest BCUT2D eigenvalue weighted by Gasteiger charge is -2.12.